The molecule has 0 radical (unpaired) electrons. The molecule has 1 aliphatic rings. The van der Waals surface area contributed by atoms with Crippen LogP contribution in [-0.4, -0.2) is 48.6 Å². The highest BCUT2D eigenvalue weighted by atomic mass is 16.5. The number of nitrogens with zero attached hydrogens (tertiary/aromatic N) is 3. The van der Waals surface area contributed by atoms with Gasteiger partial charge in [0.1, 0.15) is 11.6 Å². The summed E-state index contributed by atoms with van der Waals surface area (Å²) in [4.78, 5) is 21.2. The van der Waals surface area contributed by atoms with Crippen LogP contribution in [0.15, 0.2) is 42.6 Å². The van der Waals surface area contributed by atoms with Gasteiger partial charge in [0.15, 0.2) is 0 Å². The van der Waals surface area contributed by atoms with Crippen molar-refractivity contribution in [3.8, 4) is 5.75 Å². The molecule has 1 aliphatic heterocycles. The molecular formula is C19H23N3O2. The lowest BCUT2D eigenvalue weighted by atomic mass is 10.1. The van der Waals surface area contributed by atoms with E-state index in [1.54, 1.807) is 6.20 Å². The first kappa shape index (κ1) is 16.3. The Bertz CT molecular complexity index is 695. The van der Waals surface area contributed by atoms with Crippen molar-refractivity contribution in [3.05, 3.63) is 53.7 Å². The summed E-state index contributed by atoms with van der Waals surface area (Å²) in [6.07, 6.45) is 1.80. The lowest BCUT2D eigenvalue weighted by Gasteiger charge is -2.35. The van der Waals surface area contributed by atoms with Gasteiger partial charge in [-0.1, -0.05) is 6.07 Å². The number of ether oxygens (including phenoxy) is 1. The lowest BCUT2D eigenvalue weighted by Crippen LogP contribution is -2.49. The molecule has 24 heavy (non-hydrogen) atoms. The third-order valence-electron chi connectivity index (χ3n) is 4.26. The maximum Gasteiger partial charge on any atom is 0.253 e. The van der Waals surface area contributed by atoms with E-state index < -0.39 is 0 Å². The minimum Gasteiger partial charge on any atom is -0.494 e. The highest BCUT2D eigenvalue weighted by Crippen LogP contribution is 2.21. The summed E-state index contributed by atoms with van der Waals surface area (Å²) in [7, 11) is 0. The number of aryl methyl sites for hydroxylation is 1. The van der Waals surface area contributed by atoms with Crippen LogP contribution in [0.2, 0.25) is 0 Å². The molecule has 0 unspecified atom stereocenters. The van der Waals surface area contributed by atoms with Gasteiger partial charge >= 0.3 is 0 Å². The summed E-state index contributed by atoms with van der Waals surface area (Å²) in [5, 5.41) is 0. The topological polar surface area (TPSA) is 45.7 Å². The highest BCUT2D eigenvalue weighted by molar-refractivity contribution is 5.94. The van der Waals surface area contributed by atoms with E-state index in [1.807, 2.05) is 55.1 Å². The van der Waals surface area contributed by atoms with Crippen molar-refractivity contribution in [1.82, 2.24) is 9.88 Å². The zero-order chi connectivity index (χ0) is 16.9. The monoisotopic (exact) mass is 325 g/mol. The Kier molecular flexibility index (Phi) is 4.99. The smallest absolute Gasteiger partial charge is 0.253 e. The predicted molar refractivity (Wildman–Crippen MR) is 94.7 cm³/mol. The molecule has 1 saturated heterocycles. The zero-order valence-electron chi connectivity index (χ0n) is 14.2. The minimum absolute atomic E-state index is 0.0850. The molecule has 2 aromatic rings. The van der Waals surface area contributed by atoms with Crippen LogP contribution in [-0.2, 0) is 0 Å². The van der Waals surface area contributed by atoms with E-state index in [2.05, 4.69) is 9.88 Å². The number of pyridine rings is 1. The number of anilines is 1. The number of benzene rings is 1. The molecule has 2 heterocycles. The summed E-state index contributed by atoms with van der Waals surface area (Å²) in [5.41, 5.74) is 1.72. The van der Waals surface area contributed by atoms with Crippen molar-refractivity contribution in [1.29, 1.82) is 0 Å². The van der Waals surface area contributed by atoms with Crippen molar-refractivity contribution in [2.75, 3.05) is 37.7 Å². The Morgan fingerprint density at radius 1 is 1.17 bits per heavy atom. The van der Waals surface area contributed by atoms with Crippen molar-refractivity contribution < 1.29 is 9.53 Å². The fraction of sp³-hybridized carbons (Fsp3) is 0.368. The predicted octanol–water partition coefficient (Wildman–Crippen LogP) is 2.75. The van der Waals surface area contributed by atoms with Gasteiger partial charge in [0.2, 0.25) is 0 Å². The van der Waals surface area contributed by atoms with Gasteiger partial charge in [0.25, 0.3) is 5.91 Å². The summed E-state index contributed by atoms with van der Waals surface area (Å²) in [6, 6.07) is 11.6. The molecule has 1 amide bonds. The van der Waals surface area contributed by atoms with E-state index in [4.69, 9.17) is 4.74 Å². The van der Waals surface area contributed by atoms with Gasteiger partial charge in [-0.3, -0.25) is 4.79 Å². The fourth-order valence-electron chi connectivity index (χ4n) is 2.96. The quantitative estimate of drug-likeness (QED) is 0.867. The Balaban J connectivity index is 1.64. The third kappa shape index (κ3) is 3.50. The van der Waals surface area contributed by atoms with Crippen LogP contribution in [0.3, 0.4) is 0 Å². The van der Waals surface area contributed by atoms with Crippen LogP contribution >= 0.6 is 0 Å². The average Bonchev–Trinajstić information content (AvgIpc) is 2.64. The molecule has 0 atom stereocenters. The number of aromatic nitrogens is 1. The van der Waals surface area contributed by atoms with Gasteiger partial charge in [0, 0.05) is 37.9 Å². The highest BCUT2D eigenvalue weighted by Gasteiger charge is 2.23. The molecule has 1 aromatic carbocycles. The van der Waals surface area contributed by atoms with E-state index in [0.717, 1.165) is 35.8 Å². The molecule has 5 nitrogen and oxygen atoms in total. The minimum atomic E-state index is 0.0850. The Morgan fingerprint density at radius 3 is 2.58 bits per heavy atom. The first-order chi connectivity index (χ1) is 11.7. The van der Waals surface area contributed by atoms with Crippen molar-refractivity contribution in [2.45, 2.75) is 13.8 Å². The van der Waals surface area contributed by atoms with Crippen LogP contribution in [0.5, 0.6) is 5.75 Å². The number of piperazine rings is 1. The number of carbonyl (C=O) groups is 1. The number of rotatable bonds is 4. The normalized spacial score (nSPS) is 14.6. The maximum absolute atomic E-state index is 12.7. The van der Waals surface area contributed by atoms with Gasteiger partial charge in [-0.15, -0.1) is 0 Å². The molecule has 5 heteroatoms. The van der Waals surface area contributed by atoms with Crippen LogP contribution in [0.4, 0.5) is 5.82 Å². The summed E-state index contributed by atoms with van der Waals surface area (Å²) < 4.78 is 5.54. The molecular weight excluding hydrogens is 302 g/mol. The lowest BCUT2D eigenvalue weighted by molar-refractivity contribution is 0.0746. The van der Waals surface area contributed by atoms with Gasteiger partial charge in [0.05, 0.1) is 6.61 Å². The van der Waals surface area contributed by atoms with Crippen molar-refractivity contribution >= 4 is 11.7 Å². The molecule has 126 valence electrons. The summed E-state index contributed by atoms with van der Waals surface area (Å²) in [6.45, 7) is 7.59. The van der Waals surface area contributed by atoms with Crippen molar-refractivity contribution in [2.24, 2.45) is 0 Å². The molecule has 0 bridgehead atoms. The van der Waals surface area contributed by atoms with Crippen LogP contribution < -0.4 is 9.64 Å². The van der Waals surface area contributed by atoms with Gasteiger partial charge in [-0.2, -0.15) is 0 Å². The summed E-state index contributed by atoms with van der Waals surface area (Å²) >= 11 is 0. The molecule has 0 aliphatic carbocycles. The molecule has 0 N–H and O–H groups in total. The van der Waals surface area contributed by atoms with E-state index in [1.165, 1.54) is 0 Å². The number of amides is 1. The Hall–Kier alpha value is -2.56. The molecule has 0 saturated carbocycles. The second kappa shape index (κ2) is 7.34. The van der Waals surface area contributed by atoms with E-state index in [9.17, 15) is 4.79 Å². The second-order valence-corrected chi connectivity index (χ2v) is 5.88. The van der Waals surface area contributed by atoms with E-state index >= 15 is 0 Å². The zero-order valence-corrected chi connectivity index (χ0v) is 14.2. The molecule has 0 spiro atoms. The second-order valence-electron chi connectivity index (χ2n) is 5.88. The Morgan fingerprint density at radius 2 is 1.96 bits per heavy atom. The first-order valence-corrected chi connectivity index (χ1v) is 8.37. The molecule has 1 aromatic heterocycles. The van der Waals surface area contributed by atoms with E-state index in [-0.39, 0.29) is 5.91 Å². The molecule has 3 rings (SSSR count). The largest absolute Gasteiger partial charge is 0.494 e. The van der Waals surface area contributed by atoms with E-state index in [0.29, 0.717) is 19.7 Å². The third-order valence-corrected chi connectivity index (χ3v) is 4.26. The van der Waals surface area contributed by atoms with Gasteiger partial charge in [-0.05, 0) is 49.7 Å². The summed E-state index contributed by atoms with van der Waals surface area (Å²) in [5.74, 6) is 1.90. The fourth-order valence-corrected chi connectivity index (χ4v) is 2.96. The Labute approximate surface area is 142 Å². The number of hydrogen-bond donors (Lipinski definition) is 0. The standard InChI is InChI=1S/C19H23N3O2/c1-3-24-17-8-7-16(14-15(17)2)19(23)22-12-10-21(11-13-22)18-6-4-5-9-20-18/h4-9,14H,3,10-13H2,1-2H3. The average molecular weight is 325 g/mol. The maximum atomic E-state index is 12.7. The molecule has 1 fully saturated rings. The number of hydrogen-bond acceptors (Lipinski definition) is 4. The van der Waals surface area contributed by atoms with Crippen molar-refractivity contribution in [3.63, 3.8) is 0 Å². The first-order valence-electron chi connectivity index (χ1n) is 8.37. The number of carbonyl (C=O) groups excluding carboxylic acids is 1. The van der Waals surface area contributed by atoms with Crippen LogP contribution in [0, 0.1) is 6.92 Å². The van der Waals surface area contributed by atoms with Crippen LogP contribution in [0.1, 0.15) is 22.8 Å². The van der Waals surface area contributed by atoms with Crippen LogP contribution in [0.25, 0.3) is 0 Å². The SMILES string of the molecule is CCOc1ccc(C(=O)N2CCN(c3ccccn3)CC2)cc1C. The van der Waals surface area contributed by atoms with Gasteiger partial charge < -0.3 is 14.5 Å². The van der Waals surface area contributed by atoms with Gasteiger partial charge in [-0.25, -0.2) is 4.98 Å².